The maximum Gasteiger partial charge on any atom is 0.345 e. The molecule has 0 radical (unpaired) electrons. The first-order valence-corrected chi connectivity index (χ1v) is 7.38. The van der Waals surface area contributed by atoms with Crippen molar-refractivity contribution in [2.24, 2.45) is 0 Å². The molecule has 1 aromatic carbocycles. The molecule has 4 heteroatoms. The molecule has 1 heterocycles. The van der Waals surface area contributed by atoms with Crippen LogP contribution in [0.25, 0.3) is 0 Å². The van der Waals surface area contributed by atoms with Gasteiger partial charge in [0.1, 0.15) is 4.88 Å². The van der Waals surface area contributed by atoms with Gasteiger partial charge in [0.25, 0.3) is 0 Å². The number of hydrogen-bond acceptors (Lipinski definition) is 3. The Hall–Kier alpha value is -1.26. The Morgan fingerprint density at radius 2 is 1.94 bits per heavy atom. The first-order valence-electron chi connectivity index (χ1n) is 5.58. The van der Waals surface area contributed by atoms with Crippen LogP contribution < -0.4 is 0 Å². The van der Waals surface area contributed by atoms with Crippen LogP contribution in [0.5, 0.6) is 0 Å². The molecule has 0 bridgehead atoms. The van der Waals surface area contributed by atoms with Gasteiger partial charge in [-0.3, -0.25) is 0 Å². The molecule has 0 spiro atoms. The minimum absolute atomic E-state index is 0.423. The van der Waals surface area contributed by atoms with Gasteiger partial charge in [-0.1, -0.05) is 17.7 Å². The second-order valence-electron chi connectivity index (χ2n) is 4.10. The predicted octanol–water partition coefficient (Wildman–Crippen LogP) is 4.36. The van der Waals surface area contributed by atoms with Crippen LogP contribution in [0.1, 0.15) is 25.7 Å². The minimum Gasteiger partial charge on any atom is -0.477 e. The van der Waals surface area contributed by atoms with Gasteiger partial charge in [0, 0.05) is 15.5 Å². The smallest absolute Gasteiger partial charge is 0.345 e. The van der Waals surface area contributed by atoms with Gasteiger partial charge >= 0.3 is 5.97 Å². The summed E-state index contributed by atoms with van der Waals surface area (Å²) in [7, 11) is 0. The Bertz CT molecular complexity index is 556. The Balaban J connectivity index is 2.06. The van der Waals surface area contributed by atoms with Crippen molar-refractivity contribution in [1.82, 2.24) is 0 Å². The minimum atomic E-state index is -0.838. The average Bonchev–Trinajstić information content (AvgIpc) is 2.70. The summed E-state index contributed by atoms with van der Waals surface area (Å²) in [5, 5.41) is 8.94. The molecular formula is C14H14O2S2. The predicted molar refractivity (Wildman–Crippen MR) is 76.8 cm³/mol. The summed E-state index contributed by atoms with van der Waals surface area (Å²) in [6.45, 7) is 4.04. The SMILES string of the molecule is Cc1ccc(SCc2cc(C(=O)O)sc2C)cc1. The van der Waals surface area contributed by atoms with Crippen LogP contribution in [-0.4, -0.2) is 11.1 Å². The third kappa shape index (κ3) is 3.15. The topological polar surface area (TPSA) is 37.3 Å². The van der Waals surface area contributed by atoms with E-state index in [1.165, 1.54) is 21.8 Å². The van der Waals surface area contributed by atoms with E-state index in [1.807, 2.05) is 6.92 Å². The summed E-state index contributed by atoms with van der Waals surface area (Å²) < 4.78 is 0. The van der Waals surface area contributed by atoms with E-state index in [0.29, 0.717) is 4.88 Å². The van der Waals surface area contributed by atoms with E-state index in [1.54, 1.807) is 17.8 Å². The molecule has 18 heavy (non-hydrogen) atoms. The van der Waals surface area contributed by atoms with Crippen molar-refractivity contribution in [3.05, 3.63) is 51.2 Å². The lowest BCUT2D eigenvalue weighted by Gasteiger charge is -2.01. The maximum atomic E-state index is 10.9. The quantitative estimate of drug-likeness (QED) is 0.845. The van der Waals surface area contributed by atoms with E-state index in [2.05, 4.69) is 31.2 Å². The molecule has 0 unspecified atom stereocenters. The van der Waals surface area contributed by atoms with Gasteiger partial charge in [0.15, 0.2) is 0 Å². The number of hydrogen-bond donors (Lipinski definition) is 1. The monoisotopic (exact) mass is 278 g/mol. The van der Waals surface area contributed by atoms with Crippen LogP contribution in [0.3, 0.4) is 0 Å². The van der Waals surface area contributed by atoms with Gasteiger partial charge in [-0.2, -0.15) is 0 Å². The lowest BCUT2D eigenvalue weighted by atomic mass is 10.2. The Kier molecular flexibility index (Phi) is 4.09. The van der Waals surface area contributed by atoms with Gasteiger partial charge in [0.2, 0.25) is 0 Å². The number of thiophene rings is 1. The lowest BCUT2D eigenvalue weighted by molar-refractivity contribution is 0.0702. The summed E-state index contributed by atoms with van der Waals surface area (Å²) in [4.78, 5) is 13.6. The fourth-order valence-electron chi connectivity index (χ4n) is 1.56. The van der Waals surface area contributed by atoms with Gasteiger partial charge in [-0.05, 0) is 37.6 Å². The molecule has 1 aromatic heterocycles. The Morgan fingerprint density at radius 1 is 1.28 bits per heavy atom. The fraction of sp³-hybridized carbons (Fsp3) is 0.214. The average molecular weight is 278 g/mol. The number of aromatic carboxylic acids is 1. The summed E-state index contributed by atoms with van der Waals surface area (Å²) in [5.41, 5.74) is 2.36. The van der Waals surface area contributed by atoms with Crippen molar-refractivity contribution >= 4 is 29.1 Å². The van der Waals surface area contributed by atoms with Crippen molar-refractivity contribution in [2.75, 3.05) is 0 Å². The highest BCUT2D eigenvalue weighted by atomic mass is 32.2. The summed E-state index contributed by atoms with van der Waals surface area (Å²) in [6.07, 6.45) is 0. The molecule has 1 N–H and O–H groups in total. The standard InChI is InChI=1S/C14H14O2S2/c1-9-3-5-12(6-4-9)17-8-11-7-13(14(15)16)18-10(11)2/h3-7H,8H2,1-2H3,(H,15,16). The van der Waals surface area contributed by atoms with Crippen molar-refractivity contribution in [3.8, 4) is 0 Å². The van der Waals surface area contributed by atoms with Crippen molar-refractivity contribution in [3.63, 3.8) is 0 Å². The van der Waals surface area contributed by atoms with E-state index < -0.39 is 5.97 Å². The summed E-state index contributed by atoms with van der Waals surface area (Å²) in [6, 6.07) is 10.2. The molecule has 2 aromatic rings. The Morgan fingerprint density at radius 3 is 2.50 bits per heavy atom. The second kappa shape index (κ2) is 5.59. The lowest BCUT2D eigenvalue weighted by Crippen LogP contribution is -1.90. The maximum absolute atomic E-state index is 10.9. The van der Waals surface area contributed by atoms with Crippen LogP contribution in [0.4, 0.5) is 0 Å². The zero-order valence-corrected chi connectivity index (χ0v) is 11.9. The highest BCUT2D eigenvalue weighted by molar-refractivity contribution is 7.98. The van der Waals surface area contributed by atoms with Crippen molar-refractivity contribution < 1.29 is 9.90 Å². The summed E-state index contributed by atoms with van der Waals surface area (Å²) >= 11 is 3.08. The molecular weight excluding hydrogens is 264 g/mol. The number of carbonyl (C=O) groups is 1. The molecule has 94 valence electrons. The third-order valence-corrected chi connectivity index (χ3v) is 4.79. The zero-order chi connectivity index (χ0) is 13.1. The Labute approximate surface area is 115 Å². The number of carboxylic acid groups (broad SMARTS) is 1. The van der Waals surface area contributed by atoms with E-state index in [-0.39, 0.29) is 0 Å². The number of benzene rings is 1. The molecule has 2 nitrogen and oxygen atoms in total. The highest BCUT2D eigenvalue weighted by Crippen LogP contribution is 2.29. The van der Waals surface area contributed by atoms with Gasteiger partial charge < -0.3 is 5.11 Å². The number of thioether (sulfide) groups is 1. The van der Waals surface area contributed by atoms with Crippen LogP contribution in [-0.2, 0) is 5.75 Å². The second-order valence-corrected chi connectivity index (χ2v) is 6.40. The zero-order valence-electron chi connectivity index (χ0n) is 10.3. The normalized spacial score (nSPS) is 10.6. The first kappa shape index (κ1) is 13.2. The highest BCUT2D eigenvalue weighted by Gasteiger charge is 2.10. The number of aryl methyl sites for hydroxylation is 2. The van der Waals surface area contributed by atoms with Crippen LogP contribution >= 0.6 is 23.1 Å². The van der Waals surface area contributed by atoms with E-state index in [0.717, 1.165) is 16.2 Å². The molecule has 2 rings (SSSR count). The van der Waals surface area contributed by atoms with Crippen LogP contribution in [0.2, 0.25) is 0 Å². The molecule has 0 amide bonds. The first-order chi connectivity index (χ1) is 8.56. The van der Waals surface area contributed by atoms with Gasteiger partial charge in [-0.15, -0.1) is 23.1 Å². The number of rotatable bonds is 4. The molecule has 0 atom stereocenters. The fourth-order valence-corrected chi connectivity index (χ4v) is 3.49. The van der Waals surface area contributed by atoms with E-state index in [9.17, 15) is 4.79 Å². The molecule has 0 aliphatic rings. The van der Waals surface area contributed by atoms with E-state index >= 15 is 0 Å². The van der Waals surface area contributed by atoms with E-state index in [4.69, 9.17) is 5.11 Å². The van der Waals surface area contributed by atoms with Gasteiger partial charge in [-0.25, -0.2) is 4.79 Å². The molecule has 0 saturated carbocycles. The molecule has 0 aliphatic heterocycles. The van der Waals surface area contributed by atoms with Crippen LogP contribution in [0.15, 0.2) is 35.2 Å². The van der Waals surface area contributed by atoms with Crippen molar-refractivity contribution in [1.29, 1.82) is 0 Å². The van der Waals surface area contributed by atoms with Crippen LogP contribution in [0, 0.1) is 13.8 Å². The number of carboxylic acids is 1. The third-order valence-electron chi connectivity index (χ3n) is 2.65. The molecule has 0 saturated heterocycles. The molecule has 0 fully saturated rings. The van der Waals surface area contributed by atoms with Gasteiger partial charge in [0.05, 0.1) is 0 Å². The summed E-state index contributed by atoms with van der Waals surface area (Å²) in [5.74, 6) is -0.0201. The molecule has 0 aliphatic carbocycles. The van der Waals surface area contributed by atoms with Crippen molar-refractivity contribution in [2.45, 2.75) is 24.5 Å². The largest absolute Gasteiger partial charge is 0.477 e.